The Kier molecular flexibility index (Phi) is 9.40. The van der Waals surface area contributed by atoms with Gasteiger partial charge in [-0.3, -0.25) is 0 Å². The predicted molar refractivity (Wildman–Crippen MR) is 118 cm³/mol. The molecule has 0 aromatic carbocycles. The van der Waals surface area contributed by atoms with E-state index in [1.165, 1.54) is 55.5 Å². The zero-order chi connectivity index (χ0) is 19.8. The number of hydrogen-bond acceptors (Lipinski definition) is 3. The second kappa shape index (κ2) is 11.0. The fourth-order valence-corrected chi connectivity index (χ4v) is 19.6. The summed E-state index contributed by atoms with van der Waals surface area (Å²) >= 11 is -2.44. The molecule has 0 saturated carbocycles. The van der Waals surface area contributed by atoms with E-state index in [0.29, 0.717) is 0 Å². The first kappa shape index (κ1) is 23.0. The molecular weight excluding hydrogens is 441 g/mol. The molecule has 1 aliphatic rings. The van der Waals surface area contributed by atoms with Gasteiger partial charge in [-0.1, -0.05) is 0 Å². The van der Waals surface area contributed by atoms with Gasteiger partial charge >= 0.3 is 172 Å². The summed E-state index contributed by atoms with van der Waals surface area (Å²) in [5, 5.41) is 0. The van der Waals surface area contributed by atoms with Gasteiger partial charge in [0, 0.05) is 0 Å². The van der Waals surface area contributed by atoms with E-state index >= 15 is 0 Å². The van der Waals surface area contributed by atoms with E-state index in [1.807, 2.05) is 0 Å². The van der Waals surface area contributed by atoms with Crippen molar-refractivity contribution in [1.82, 2.24) is 4.98 Å². The second-order valence-corrected chi connectivity index (χ2v) is 22.0. The number of unbranched alkanes of at least 4 members (excludes halogenated alkanes) is 3. The van der Waals surface area contributed by atoms with Crippen molar-refractivity contribution in [2.45, 2.75) is 86.5 Å². The van der Waals surface area contributed by atoms with Crippen molar-refractivity contribution in [3.63, 3.8) is 0 Å². The number of pyridine rings is 1. The molecule has 0 bridgehead atoms. The van der Waals surface area contributed by atoms with E-state index < -0.39 is 18.4 Å². The predicted octanol–water partition coefficient (Wildman–Crippen LogP) is 5.86. The molecule has 0 N–H and O–H groups in total. The van der Waals surface area contributed by atoms with E-state index in [0.717, 1.165) is 31.3 Å². The number of ether oxygens (including phenoxy) is 2. The third kappa shape index (κ3) is 6.35. The molecule has 0 atom stereocenters. The van der Waals surface area contributed by atoms with Crippen LogP contribution in [0.2, 0.25) is 13.3 Å². The summed E-state index contributed by atoms with van der Waals surface area (Å²) in [4.78, 5) is 5.19. The quantitative estimate of drug-likeness (QED) is 0.330. The summed E-state index contributed by atoms with van der Waals surface area (Å²) in [7, 11) is 0. The van der Waals surface area contributed by atoms with Crippen LogP contribution < -0.4 is 8.45 Å². The standard InChI is InChI=1S/C11H14NO2.3C4H9.Sn/c1-9-10(4-3-5-12-9)14-8-11(2)6-13-7-11;3*1-3-4-2;/h3-4H,6-8H2,1-2H3;3*1,3-4H2,2H3;. The van der Waals surface area contributed by atoms with Crippen LogP contribution in [0.5, 0.6) is 5.75 Å². The molecule has 1 aromatic rings. The molecule has 2 heterocycles. The summed E-state index contributed by atoms with van der Waals surface area (Å²) in [5.41, 5.74) is 1.26. The molecular formula is C23H41NO2Sn. The zero-order valence-electron chi connectivity index (χ0n) is 18.4. The molecule has 1 saturated heterocycles. The van der Waals surface area contributed by atoms with Gasteiger partial charge in [-0.25, -0.2) is 0 Å². The number of aromatic nitrogens is 1. The Bertz CT molecular complexity index is 550. The molecule has 1 aliphatic heterocycles. The van der Waals surface area contributed by atoms with Crippen molar-refractivity contribution in [2.24, 2.45) is 5.41 Å². The van der Waals surface area contributed by atoms with Crippen molar-refractivity contribution in [1.29, 1.82) is 0 Å². The molecule has 0 radical (unpaired) electrons. The van der Waals surface area contributed by atoms with Gasteiger partial charge in [-0.15, -0.1) is 0 Å². The number of rotatable bonds is 13. The zero-order valence-corrected chi connectivity index (χ0v) is 21.3. The average Bonchev–Trinajstić information content (AvgIpc) is 2.65. The maximum absolute atomic E-state index is 6.14. The number of hydrogen-bond donors (Lipinski definition) is 0. The summed E-state index contributed by atoms with van der Waals surface area (Å²) in [5.74, 6) is 0.966. The van der Waals surface area contributed by atoms with Gasteiger partial charge < -0.3 is 0 Å². The minimum absolute atomic E-state index is 0.178. The molecule has 4 heteroatoms. The molecule has 0 aliphatic carbocycles. The van der Waals surface area contributed by atoms with Gasteiger partial charge in [-0.05, 0) is 0 Å². The minimum atomic E-state index is -2.44. The summed E-state index contributed by atoms with van der Waals surface area (Å²) < 4.78 is 17.4. The Morgan fingerprint density at radius 1 is 1.00 bits per heavy atom. The Balaban J connectivity index is 2.20. The van der Waals surface area contributed by atoms with Gasteiger partial charge in [0.15, 0.2) is 0 Å². The van der Waals surface area contributed by atoms with Crippen LogP contribution in [0.4, 0.5) is 0 Å². The molecule has 1 fully saturated rings. The van der Waals surface area contributed by atoms with Crippen LogP contribution >= 0.6 is 0 Å². The molecule has 0 amide bonds. The van der Waals surface area contributed by atoms with E-state index in [2.05, 4.69) is 46.8 Å². The van der Waals surface area contributed by atoms with Crippen molar-refractivity contribution >= 4 is 22.1 Å². The van der Waals surface area contributed by atoms with Crippen molar-refractivity contribution < 1.29 is 9.47 Å². The van der Waals surface area contributed by atoms with Gasteiger partial charge in [0.1, 0.15) is 0 Å². The average molecular weight is 482 g/mol. The Hall–Kier alpha value is -0.291. The van der Waals surface area contributed by atoms with Crippen molar-refractivity contribution in [3.05, 3.63) is 17.8 Å². The molecule has 0 spiro atoms. The van der Waals surface area contributed by atoms with Crippen LogP contribution in [-0.4, -0.2) is 43.2 Å². The molecule has 27 heavy (non-hydrogen) atoms. The molecule has 1 aromatic heterocycles. The maximum atomic E-state index is 6.14. The van der Waals surface area contributed by atoms with E-state index in [-0.39, 0.29) is 5.41 Å². The number of aryl methyl sites for hydroxylation is 1. The Morgan fingerprint density at radius 3 is 1.96 bits per heavy atom. The summed E-state index contributed by atoms with van der Waals surface area (Å²) in [6.07, 6.45) is 8.04. The van der Waals surface area contributed by atoms with Gasteiger partial charge in [0.2, 0.25) is 0 Å². The first-order valence-electron chi connectivity index (χ1n) is 11.2. The normalized spacial score (nSPS) is 16.2. The fraction of sp³-hybridized carbons (Fsp3) is 0.783. The topological polar surface area (TPSA) is 31.4 Å². The van der Waals surface area contributed by atoms with Crippen LogP contribution in [0.1, 0.15) is 71.9 Å². The fourth-order valence-electron chi connectivity index (χ4n) is 4.09. The monoisotopic (exact) mass is 483 g/mol. The Morgan fingerprint density at radius 2 is 1.56 bits per heavy atom. The molecule has 154 valence electrons. The molecule has 2 rings (SSSR count). The van der Waals surface area contributed by atoms with Crippen LogP contribution in [0, 0.1) is 12.3 Å². The second-order valence-electron chi connectivity index (χ2n) is 8.96. The first-order valence-corrected chi connectivity index (χ1v) is 18.7. The van der Waals surface area contributed by atoms with E-state index in [9.17, 15) is 0 Å². The van der Waals surface area contributed by atoms with Crippen LogP contribution in [0.25, 0.3) is 0 Å². The summed E-state index contributed by atoms with van der Waals surface area (Å²) in [6, 6.07) is 4.56. The van der Waals surface area contributed by atoms with Crippen LogP contribution in [0.15, 0.2) is 12.1 Å². The van der Waals surface area contributed by atoms with Crippen LogP contribution in [0.3, 0.4) is 0 Å². The molecule has 0 unspecified atom stereocenters. The Labute approximate surface area is 171 Å². The summed E-state index contributed by atoms with van der Waals surface area (Å²) in [6.45, 7) is 13.7. The van der Waals surface area contributed by atoms with Gasteiger partial charge in [-0.2, -0.15) is 0 Å². The van der Waals surface area contributed by atoms with Crippen molar-refractivity contribution in [3.8, 4) is 5.75 Å². The van der Waals surface area contributed by atoms with Gasteiger partial charge in [0.25, 0.3) is 0 Å². The third-order valence-corrected chi connectivity index (χ3v) is 21.2. The SMILES string of the molecule is CCC[CH2][Sn]([CH2]CCC)([CH2]CCC)[c]1ccc(OCC2(C)COC2)c(C)n1. The van der Waals surface area contributed by atoms with Crippen LogP contribution in [-0.2, 0) is 4.74 Å². The number of nitrogens with zero attached hydrogens (tertiary/aromatic N) is 1. The molecule has 3 nitrogen and oxygen atoms in total. The first-order chi connectivity index (χ1) is 13.0. The van der Waals surface area contributed by atoms with Gasteiger partial charge in [0.05, 0.1) is 0 Å². The van der Waals surface area contributed by atoms with Crippen molar-refractivity contribution in [2.75, 3.05) is 19.8 Å². The van der Waals surface area contributed by atoms with E-state index in [4.69, 9.17) is 14.5 Å². The van der Waals surface area contributed by atoms with E-state index in [1.54, 1.807) is 0 Å². The third-order valence-electron chi connectivity index (χ3n) is 6.08.